The number of amides is 1. The minimum Gasteiger partial charge on any atom is -0.481 e. The van der Waals surface area contributed by atoms with Gasteiger partial charge in [0.2, 0.25) is 12.7 Å². The number of anilines is 2. The molecule has 7 nitrogen and oxygen atoms in total. The molecule has 0 saturated carbocycles. The quantitative estimate of drug-likeness (QED) is 0.382. The summed E-state index contributed by atoms with van der Waals surface area (Å²) >= 11 is 0. The topological polar surface area (TPSA) is 88.1 Å². The van der Waals surface area contributed by atoms with Crippen LogP contribution in [0.2, 0.25) is 0 Å². The lowest BCUT2D eigenvalue weighted by atomic mass is 9.91. The molecule has 1 amide bonds. The van der Waals surface area contributed by atoms with Crippen molar-refractivity contribution in [3.8, 4) is 11.5 Å². The highest BCUT2D eigenvalue weighted by Gasteiger charge is 2.24. The van der Waals surface area contributed by atoms with Crippen molar-refractivity contribution in [1.82, 2.24) is 0 Å². The molecule has 0 aromatic heterocycles. The lowest BCUT2D eigenvalue weighted by Gasteiger charge is -2.31. The monoisotopic (exact) mass is 500 g/mol. The standard InChI is InChI=1S/C28H37FN2O5/c1-6-20(11-28(33)34)21-12-23(24(13-22(21)29)31(14-17(2)3)15-18(4)5)30-27(32)10-19-7-8-25-26(9-19)36-16-35-25/h7-9,12-13,17-18,20H,6,10-11,14-16H2,1-5H3,(H,30,32)(H,33,34). The summed E-state index contributed by atoms with van der Waals surface area (Å²) in [7, 11) is 0. The van der Waals surface area contributed by atoms with E-state index in [1.807, 2.05) is 13.0 Å². The summed E-state index contributed by atoms with van der Waals surface area (Å²) in [4.78, 5) is 26.6. The van der Waals surface area contributed by atoms with E-state index in [4.69, 9.17) is 9.47 Å². The summed E-state index contributed by atoms with van der Waals surface area (Å²) in [5.41, 5.74) is 2.15. The van der Waals surface area contributed by atoms with E-state index < -0.39 is 17.7 Å². The lowest BCUT2D eigenvalue weighted by molar-refractivity contribution is -0.137. The van der Waals surface area contributed by atoms with Gasteiger partial charge in [0, 0.05) is 13.1 Å². The number of carboxylic acids is 1. The normalized spacial score (nSPS) is 13.2. The van der Waals surface area contributed by atoms with E-state index >= 15 is 4.39 Å². The Balaban J connectivity index is 1.97. The Hall–Kier alpha value is -3.29. The Morgan fingerprint density at radius 3 is 2.33 bits per heavy atom. The van der Waals surface area contributed by atoms with Crippen molar-refractivity contribution in [3.05, 3.63) is 47.3 Å². The van der Waals surface area contributed by atoms with Gasteiger partial charge in [-0.3, -0.25) is 9.59 Å². The Morgan fingerprint density at radius 2 is 1.72 bits per heavy atom. The van der Waals surface area contributed by atoms with Gasteiger partial charge in [0.15, 0.2) is 11.5 Å². The predicted octanol–water partition coefficient (Wildman–Crippen LogP) is 5.82. The molecule has 1 heterocycles. The second-order valence-corrected chi connectivity index (χ2v) is 10.2. The molecule has 2 N–H and O–H groups in total. The number of carbonyl (C=O) groups is 2. The number of ether oxygens (including phenoxy) is 2. The zero-order chi connectivity index (χ0) is 26.4. The van der Waals surface area contributed by atoms with Gasteiger partial charge in [0.05, 0.1) is 24.2 Å². The largest absolute Gasteiger partial charge is 0.481 e. The van der Waals surface area contributed by atoms with Crippen LogP contribution in [0, 0.1) is 17.7 Å². The molecular formula is C28H37FN2O5. The Kier molecular flexibility index (Phi) is 9.18. The van der Waals surface area contributed by atoms with E-state index in [0.717, 1.165) is 5.56 Å². The van der Waals surface area contributed by atoms with Crippen molar-refractivity contribution in [2.75, 3.05) is 30.1 Å². The van der Waals surface area contributed by atoms with Gasteiger partial charge >= 0.3 is 5.97 Å². The summed E-state index contributed by atoms with van der Waals surface area (Å²) in [6, 6.07) is 8.43. The van der Waals surface area contributed by atoms with Crippen molar-refractivity contribution in [2.24, 2.45) is 11.8 Å². The van der Waals surface area contributed by atoms with E-state index in [2.05, 4.69) is 37.9 Å². The molecule has 0 fully saturated rings. The predicted molar refractivity (Wildman–Crippen MR) is 138 cm³/mol. The fourth-order valence-corrected chi connectivity index (χ4v) is 4.52. The maximum absolute atomic E-state index is 15.4. The number of benzene rings is 2. The Bertz CT molecular complexity index is 1080. The molecule has 3 rings (SSSR count). The molecule has 2 aromatic carbocycles. The van der Waals surface area contributed by atoms with Crippen LogP contribution in [-0.2, 0) is 16.0 Å². The molecule has 1 unspecified atom stereocenters. The van der Waals surface area contributed by atoms with Crippen LogP contribution < -0.4 is 19.7 Å². The van der Waals surface area contributed by atoms with Gasteiger partial charge in [-0.05, 0) is 59.6 Å². The van der Waals surface area contributed by atoms with Crippen LogP contribution in [0.5, 0.6) is 11.5 Å². The molecule has 0 saturated heterocycles. The van der Waals surface area contributed by atoms with Crippen LogP contribution in [0.15, 0.2) is 30.3 Å². The van der Waals surface area contributed by atoms with Crippen LogP contribution in [0.4, 0.5) is 15.8 Å². The van der Waals surface area contributed by atoms with E-state index in [-0.39, 0.29) is 25.5 Å². The highest BCUT2D eigenvalue weighted by atomic mass is 19.1. The number of rotatable bonds is 12. The zero-order valence-electron chi connectivity index (χ0n) is 21.8. The first-order valence-corrected chi connectivity index (χ1v) is 12.6. The SMILES string of the molecule is CCC(CC(=O)O)c1cc(NC(=O)Cc2ccc3c(c2)OCO3)c(N(CC(C)C)CC(C)C)cc1F. The second kappa shape index (κ2) is 12.1. The first kappa shape index (κ1) is 27.3. The van der Waals surface area contributed by atoms with Crippen LogP contribution in [0.3, 0.4) is 0 Å². The minimum absolute atomic E-state index is 0.101. The molecule has 1 aliphatic heterocycles. The molecule has 36 heavy (non-hydrogen) atoms. The first-order valence-electron chi connectivity index (χ1n) is 12.6. The Labute approximate surface area is 212 Å². The van der Waals surface area contributed by atoms with Crippen LogP contribution in [0.25, 0.3) is 0 Å². The molecule has 0 radical (unpaired) electrons. The smallest absolute Gasteiger partial charge is 0.303 e. The zero-order valence-corrected chi connectivity index (χ0v) is 21.8. The van der Waals surface area contributed by atoms with E-state index in [1.54, 1.807) is 18.2 Å². The maximum atomic E-state index is 15.4. The number of hydrogen-bond acceptors (Lipinski definition) is 5. The van der Waals surface area contributed by atoms with Crippen molar-refractivity contribution in [1.29, 1.82) is 0 Å². The summed E-state index contributed by atoms with van der Waals surface area (Å²) in [5.74, 6) is -0.309. The Morgan fingerprint density at radius 1 is 1.06 bits per heavy atom. The van der Waals surface area contributed by atoms with E-state index in [0.29, 0.717) is 59.8 Å². The number of aliphatic carboxylic acids is 1. The van der Waals surface area contributed by atoms with E-state index in [1.165, 1.54) is 6.07 Å². The number of nitrogens with one attached hydrogen (secondary N) is 1. The lowest BCUT2D eigenvalue weighted by Crippen LogP contribution is -2.32. The minimum atomic E-state index is -0.986. The number of carboxylic acid groups (broad SMARTS) is 1. The van der Waals surface area contributed by atoms with Gasteiger partial charge < -0.3 is 24.8 Å². The highest BCUT2D eigenvalue weighted by molar-refractivity contribution is 5.96. The molecule has 1 atom stereocenters. The molecular weight excluding hydrogens is 463 g/mol. The van der Waals surface area contributed by atoms with Gasteiger partial charge in [-0.15, -0.1) is 0 Å². The van der Waals surface area contributed by atoms with Crippen LogP contribution in [0.1, 0.15) is 64.5 Å². The van der Waals surface area contributed by atoms with Gasteiger partial charge in [-0.25, -0.2) is 4.39 Å². The highest BCUT2D eigenvalue weighted by Crippen LogP contribution is 2.36. The summed E-state index contributed by atoms with van der Waals surface area (Å²) < 4.78 is 26.2. The molecule has 196 valence electrons. The third kappa shape index (κ3) is 7.12. The van der Waals surface area contributed by atoms with Crippen molar-refractivity contribution in [2.45, 2.75) is 59.8 Å². The maximum Gasteiger partial charge on any atom is 0.303 e. The average molecular weight is 501 g/mol. The molecule has 0 bridgehead atoms. The van der Waals surface area contributed by atoms with Crippen LogP contribution >= 0.6 is 0 Å². The van der Waals surface area contributed by atoms with Gasteiger partial charge in [-0.1, -0.05) is 40.7 Å². The summed E-state index contributed by atoms with van der Waals surface area (Å²) in [5, 5.41) is 12.3. The third-order valence-electron chi connectivity index (χ3n) is 6.06. The number of hydrogen-bond donors (Lipinski definition) is 2. The number of carbonyl (C=O) groups excluding carboxylic acids is 1. The van der Waals surface area contributed by atoms with Crippen molar-refractivity contribution in [3.63, 3.8) is 0 Å². The second-order valence-electron chi connectivity index (χ2n) is 10.2. The molecule has 2 aromatic rings. The fraction of sp³-hybridized carbons (Fsp3) is 0.500. The molecule has 1 aliphatic rings. The average Bonchev–Trinajstić information content (AvgIpc) is 3.25. The number of fused-ring (bicyclic) bond motifs is 1. The first-order chi connectivity index (χ1) is 17.1. The van der Waals surface area contributed by atoms with Gasteiger partial charge in [-0.2, -0.15) is 0 Å². The fourth-order valence-electron chi connectivity index (χ4n) is 4.52. The van der Waals surface area contributed by atoms with E-state index in [9.17, 15) is 14.7 Å². The van der Waals surface area contributed by atoms with Crippen molar-refractivity contribution < 1.29 is 28.6 Å². The molecule has 0 spiro atoms. The molecule has 0 aliphatic carbocycles. The molecule has 8 heteroatoms. The third-order valence-corrected chi connectivity index (χ3v) is 6.06. The summed E-state index contributed by atoms with van der Waals surface area (Å²) in [6.45, 7) is 11.7. The number of nitrogens with zero attached hydrogens (tertiary/aromatic N) is 1. The van der Waals surface area contributed by atoms with Gasteiger partial charge in [0.25, 0.3) is 0 Å². The van der Waals surface area contributed by atoms with Gasteiger partial charge in [0.1, 0.15) is 5.82 Å². The van der Waals surface area contributed by atoms with Crippen LogP contribution in [-0.4, -0.2) is 36.9 Å². The number of halogens is 1. The summed E-state index contributed by atoms with van der Waals surface area (Å²) in [6.07, 6.45) is 0.386. The van der Waals surface area contributed by atoms with Crippen molar-refractivity contribution >= 4 is 23.3 Å².